The first kappa shape index (κ1) is 21.8. The summed E-state index contributed by atoms with van der Waals surface area (Å²) < 4.78 is 5.57. The number of hydrogen-bond donors (Lipinski definition) is 2. The summed E-state index contributed by atoms with van der Waals surface area (Å²) in [5, 5.41) is 5.48. The van der Waals surface area contributed by atoms with Crippen LogP contribution in [0.2, 0.25) is 0 Å². The van der Waals surface area contributed by atoms with Crippen LogP contribution in [0.4, 0.5) is 11.4 Å². The minimum Gasteiger partial charge on any atom is -0.447 e. The summed E-state index contributed by atoms with van der Waals surface area (Å²) in [5.74, 6) is -1.12. The van der Waals surface area contributed by atoms with E-state index in [0.29, 0.717) is 22.5 Å². The summed E-state index contributed by atoms with van der Waals surface area (Å²) in [4.78, 5) is 36.6. The van der Waals surface area contributed by atoms with E-state index in [1.165, 1.54) is 6.92 Å². The molecule has 0 aromatic heterocycles. The number of rotatable bonds is 7. The van der Waals surface area contributed by atoms with Gasteiger partial charge in [-0.3, -0.25) is 14.4 Å². The molecule has 3 rings (SSSR count). The molecular weight excluding hydrogens is 392 g/mol. The lowest BCUT2D eigenvalue weighted by atomic mass is 10.1. The number of amides is 2. The standard InChI is InChI=1S/C25H24N2O4/c1-17-8-12-22(13-9-17)27-25(30)24(20-6-4-3-5-7-20)31-23(29)16-19-10-14-21(15-11-19)26-18(2)28/h3-15,24H,16H2,1-2H3,(H,26,28)(H,27,30)/t24-/m0/s1. The van der Waals surface area contributed by atoms with Crippen molar-refractivity contribution in [2.75, 3.05) is 10.6 Å². The lowest BCUT2D eigenvalue weighted by Crippen LogP contribution is -2.26. The van der Waals surface area contributed by atoms with Gasteiger partial charge in [0.1, 0.15) is 0 Å². The smallest absolute Gasteiger partial charge is 0.311 e. The van der Waals surface area contributed by atoms with Crippen molar-refractivity contribution in [1.82, 2.24) is 0 Å². The zero-order valence-electron chi connectivity index (χ0n) is 17.4. The van der Waals surface area contributed by atoms with E-state index in [9.17, 15) is 14.4 Å². The van der Waals surface area contributed by atoms with Gasteiger partial charge in [0.25, 0.3) is 5.91 Å². The van der Waals surface area contributed by atoms with Crippen molar-refractivity contribution in [3.05, 3.63) is 95.6 Å². The monoisotopic (exact) mass is 416 g/mol. The van der Waals surface area contributed by atoms with Crippen LogP contribution in [0.1, 0.15) is 29.7 Å². The molecule has 0 bridgehead atoms. The van der Waals surface area contributed by atoms with Gasteiger partial charge in [0.05, 0.1) is 6.42 Å². The van der Waals surface area contributed by atoms with E-state index in [4.69, 9.17) is 4.74 Å². The van der Waals surface area contributed by atoms with Gasteiger partial charge in [0, 0.05) is 23.9 Å². The molecule has 2 amide bonds. The number of nitrogens with one attached hydrogen (secondary N) is 2. The lowest BCUT2D eigenvalue weighted by molar-refractivity contribution is -0.154. The third kappa shape index (κ3) is 6.54. The van der Waals surface area contributed by atoms with Gasteiger partial charge in [-0.1, -0.05) is 60.2 Å². The van der Waals surface area contributed by atoms with Crippen LogP contribution in [-0.2, 0) is 25.5 Å². The fraction of sp³-hybridized carbons (Fsp3) is 0.160. The second kappa shape index (κ2) is 10.2. The van der Waals surface area contributed by atoms with Crippen LogP contribution in [0.5, 0.6) is 0 Å². The van der Waals surface area contributed by atoms with Gasteiger partial charge < -0.3 is 15.4 Å². The van der Waals surface area contributed by atoms with Gasteiger partial charge >= 0.3 is 5.97 Å². The fourth-order valence-electron chi connectivity index (χ4n) is 2.99. The summed E-state index contributed by atoms with van der Waals surface area (Å²) >= 11 is 0. The zero-order valence-corrected chi connectivity index (χ0v) is 17.4. The summed E-state index contributed by atoms with van der Waals surface area (Å²) in [7, 11) is 0. The highest BCUT2D eigenvalue weighted by molar-refractivity contribution is 5.96. The van der Waals surface area contributed by atoms with Crippen LogP contribution in [0.25, 0.3) is 0 Å². The lowest BCUT2D eigenvalue weighted by Gasteiger charge is -2.18. The average Bonchev–Trinajstić information content (AvgIpc) is 2.75. The highest BCUT2D eigenvalue weighted by Gasteiger charge is 2.25. The number of benzene rings is 3. The van der Waals surface area contributed by atoms with Crippen molar-refractivity contribution in [3.63, 3.8) is 0 Å². The van der Waals surface area contributed by atoms with Crippen molar-refractivity contribution in [1.29, 1.82) is 0 Å². The molecule has 0 unspecified atom stereocenters. The summed E-state index contributed by atoms with van der Waals surface area (Å²) in [6.07, 6.45) is -1.07. The number of anilines is 2. The van der Waals surface area contributed by atoms with Crippen LogP contribution in [0, 0.1) is 6.92 Å². The highest BCUT2D eigenvalue weighted by Crippen LogP contribution is 2.21. The van der Waals surface area contributed by atoms with E-state index in [2.05, 4.69) is 10.6 Å². The molecule has 31 heavy (non-hydrogen) atoms. The van der Waals surface area contributed by atoms with E-state index >= 15 is 0 Å². The summed E-state index contributed by atoms with van der Waals surface area (Å²) in [6, 6.07) is 23.2. The molecule has 158 valence electrons. The SMILES string of the molecule is CC(=O)Nc1ccc(CC(=O)O[C@H](C(=O)Nc2ccc(C)cc2)c2ccccc2)cc1. The van der Waals surface area contributed by atoms with Crippen molar-refractivity contribution in [3.8, 4) is 0 Å². The Morgan fingerprint density at radius 3 is 2.00 bits per heavy atom. The molecule has 6 nitrogen and oxygen atoms in total. The Hall–Kier alpha value is -3.93. The predicted octanol–water partition coefficient (Wildman–Crippen LogP) is 4.42. The molecule has 1 atom stereocenters. The Morgan fingerprint density at radius 2 is 1.39 bits per heavy atom. The van der Waals surface area contributed by atoms with Crippen LogP contribution < -0.4 is 10.6 Å². The van der Waals surface area contributed by atoms with E-state index in [1.807, 2.05) is 25.1 Å². The highest BCUT2D eigenvalue weighted by atomic mass is 16.5. The molecule has 0 spiro atoms. The molecule has 0 radical (unpaired) electrons. The molecule has 0 saturated carbocycles. The predicted molar refractivity (Wildman–Crippen MR) is 120 cm³/mol. The van der Waals surface area contributed by atoms with E-state index in [0.717, 1.165) is 5.56 Å². The number of aryl methyl sites for hydroxylation is 1. The molecule has 0 saturated heterocycles. The summed E-state index contributed by atoms with van der Waals surface area (Å²) in [6.45, 7) is 3.39. The average molecular weight is 416 g/mol. The number of carbonyl (C=O) groups is 3. The number of ether oxygens (including phenoxy) is 1. The fourth-order valence-corrected chi connectivity index (χ4v) is 2.99. The molecule has 0 fully saturated rings. The molecule has 0 heterocycles. The number of carbonyl (C=O) groups excluding carboxylic acids is 3. The Kier molecular flexibility index (Phi) is 7.17. The third-order valence-corrected chi connectivity index (χ3v) is 4.53. The van der Waals surface area contributed by atoms with Crippen molar-refractivity contribution in [2.45, 2.75) is 26.4 Å². The second-order valence-corrected chi connectivity index (χ2v) is 7.19. The Balaban J connectivity index is 1.70. The first-order chi connectivity index (χ1) is 14.9. The van der Waals surface area contributed by atoms with E-state index in [1.54, 1.807) is 60.7 Å². The zero-order chi connectivity index (χ0) is 22.2. The Labute approximate surface area is 181 Å². The minimum atomic E-state index is -1.08. The van der Waals surface area contributed by atoms with E-state index in [-0.39, 0.29) is 12.3 Å². The molecular formula is C25H24N2O4. The third-order valence-electron chi connectivity index (χ3n) is 4.53. The second-order valence-electron chi connectivity index (χ2n) is 7.19. The largest absolute Gasteiger partial charge is 0.447 e. The van der Waals surface area contributed by atoms with E-state index < -0.39 is 18.0 Å². The maximum absolute atomic E-state index is 12.9. The Morgan fingerprint density at radius 1 is 0.806 bits per heavy atom. The molecule has 0 aliphatic carbocycles. The van der Waals surface area contributed by atoms with Crippen molar-refractivity contribution in [2.24, 2.45) is 0 Å². The molecule has 3 aromatic rings. The van der Waals surface area contributed by atoms with Gasteiger partial charge in [-0.2, -0.15) is 0 Å². The summed E-state index contributed by atoms with van der Waals surface area (Å²) in [5.41, 5.74) is 3.64. The molecule has 3 aromatic carbocycles. The number of hydrogen-bond acceptors (Lipinski definition) is 4. The first-order valence-corrected chi connectivity index (χ1v) is 9.89. The van der Waals surface area contributed by atoms with Gasteiger partial charge in [0.15, 0.2) is 0 Å². The normalized spacial score (nSPS) is 11.3. The Bertz CT molecular complexity index is 1050. The van der Waals surface area contributed by atoms with Gasteiger partial charge in [-0.15, -0.1) is 0 Å². The van der Waals surface area contributed by atoms with Gasteiger partial charge in [0.2, 0.25) is 12.0 Å². The molecule has 0 aliphatic heterocycles. The molecule has 6 heteroatoms. The topological polar surface area (TPSA) is 84.5 Å². The van der Waals surface area contributed by atoms with Crippen LogP contribution in [0.15, 0.2) is 78.9 Å². The minimum absolute atomic E-state index is 0.00148. The molecule has 0 aliphatic rings. The van der Waals surface area contributed by atoms with Crippen LogP contribution in [0.3, 0.4) is 0 Å². The maximum Gasteiger partial charge on any atom is 0.311 e. The van der Waals surface area contributed by atoms with Crippen molar-refractivity contribution >= 4 is 29.2 Å². The quantitative estimate of drug-likeness (QED) is 0.559. The van der Waals surface area contributed by atoms with Crippen LogP contribution >= 0.6 is 0 Å². The first-order valence-electron chi connectivity index (χ1n) is 9.89. The number of esters is 1. The van der Waals surface area contributed by atoms with Crippen LogP contribution in [-0.4, -0.2) is 17.8 Å². The van der Waals surface area contributed by atoms with Gasteiger partial charge in [-0.05, 0) is 36.8 Å². The van der Waals surface area contributed by atoms with Gasteiger partial charge in [-0.25, -0.2) is 0 Å². The molecule has 2 N–H and O–H groups in total. The van der Waals surface area contributed by atoms with Crippen molar-refractivity contribution < 1.29 is 19.1 Å². The maximum atomic E-state index is 12.9.